The van der Waals surface area contributed by atoms with Gasteiger partial charge in [-0.15, -0.1) is 0 Å². The van der Waals surface area contributed by atoms with Gasteiger partial charge >= 0.3 is 13.2 Å². The topological polar surface area (TPSA) is 80.2 Å². The first kappa shape index (κ1) is 19.0. The van der Waals surface area contributed by atoms with Gasteiger partial charge in [0, 0.05) is 17.2 Å². The zero-order chi connectivity index (χ0) is 19.1. The van der Waals surface area contributed by atoms with Crippen molar-refractivity contribution in [2.24, 2.45) is 5.10 Å². The van der Waals surface area contributed by atoms with E-state index in [2.05, 4.69) is 20.0 Å². The number of phenols is 1. The van der Waals surface area contributed by atoms with E-state index in [4.69, 9.17) is 5.11 Å². The van der Waals surface area contributed by atoms with Gasteiger partial charge in [-0.2, -0.15) is 22.7 Å². The summed E-state index contributed by atoms with van der Waals surface area (Å²) in [7, 11) is 0. The number of halogens is 4. The first-order valence-corrected chi connectivity index (χ1v) is 7.01. The number of ether oxygens (including phenoxy) is 2. The number of hydrogen-bond acceptors (Lipinski definition) is 5. The highest BCUT2D eigenvalue weighted by Crippen LogP contribution is 2.26. The Bertz CT molecular complexity index is 782. The highest BCUT2D eigenvalue weighted by Gasteiger charge is 2.13. The largest absolute Gasteiger partial charge is 0.508 e. The van der Waals surface area contributed by atoms with Gasteiger partial charge in [0.1, 0.15) is 17.2 Å². The van der Waals surface area contributed by atoms with Gasteiger partial charge in [0.15, 0.2) is 0 Å². The third-order valence-corrected chi connectivity index (χ3v) is 2.93. The lowest BCUT2D eigenvalue weighted by Gasteiger charge is -2.10. The highest BCUT2D eigenvalue weighted by molar-refractivity contribution is 5.95. The second-order valence-electron chi connectivity index (χ2n) is 4.70. The maximum absolute atomic E-state index is 12.5. The van der Waals surface area contributed by atoms with Gasteiger partial charge < -0.3 is 14.6 Å². The normalized spacial score (nSPS) is 11.2. The van der Waals surface area contributed by atoms with Gasteiger partial charge in [0.2, 0.25) is 0 Å². The van der Waals surface area contributed by atoms with Gasteiger partial charge in [-0.25, -0.2) is 5.43 Å². The zero-order valence-electron chi connectivity index (χ0n) is 12.9. The predicted molar refractivity (Wildman–Crippen MR) is 82.9 cm³/mol. The molecule has 0 bridgehead atoms. The molecule has 2 aromatic carbocycles. The Morgan fingerprint density at radius 3 is 2.31 bits per heavy atom. The Balaban J connectivity index is 2.12. The van der Waals surface area contributed by atoms with Crippen molar-refractivity contribution in [1.82, 2.24) is 5.43 Å². The molecule has 0 aromatic heterocycles. The number of nitrogens with zero attached hydrogens (tertiary/aromatic N) is 1. The molecule has 10 heteroatoms. The molecule has 0 atom stereocenters. The summed E-state index contributed by atoms with van der Waals surface area (Å²) < 4.78 is 57.6. The maximum Gasteiger partial charge on any atom is 0.387 e. The lowest BCUT2D eigenvalue weighted by atomic mass is 10.2. The molecular weight excluding hydrogens is 360 g/mol. The quantitative estimate of drug-likeness (QED) is 0.444. The number of aromatic hydroxyl groups is 1. The molecule has 0 spiro atoms. The van der Waals surface area contributed by atoms with Crippen LogP contribution in [-0.4, -0.2) is 30.5 Å². The smallest absolute Gasteiger partial charge is 0.387 e. The number of hydrazone groups is 1. The molecule has 138 valence electrons. The summed E-state index contributed by atoms with van der Waals surface area (Å²) in [5.74, 6) is -1.47. The lowest BCUT2D eigenvalue weighted by molar-refractivity contribution is -0.0543. The fourth-order valence-corrected chi connectivity index (χ4v) is 1.83. The van der Waals surface area contributed by atoms with Crippen molar-refractivity contribution in [3.05, 3.63) is 53.6 Å². The highest BCUT2D eigenvalue weighted by atomic mass is 19.3. The van der Waals surface area contributed by atoms with Crippen LogP contribution < -0.4 is 14.9 Å². The van der Waals surface area contributed by atoms with Crippen molar-refractivity contribution < 1.29 is 36.9 Å². The molecule has 0 saturated carbocycles. The summed E-state index contributed by atoms with van der Waals surface area (Å²) in [5, 5.41) is 12.7. The summed E-state index contributed by atoms with van der Waals surface area (Å²) in [5.41, 5.74) is 2.35. The second-order valence-corrected chi connectivity index (χ2v) is 4.70. The number of carbonyl (C=O) groups excluding carboxylic acids is 1. The number of nitrogens with one attached hydrogen (secondary N) is 1. The average Bonchev–Trinajstić information content (AvgIpc) is 2.56. The number of benzene rings is 2. The van der Waals surface area contributed by atoms with Crippen molar-refractivity contribution in [3.8, 4) is 17.2 Å². The fourth-order valence-electron chi connectivity index (χ4n) is 1.83. The number of carbonyl (C=O) groups is 1. The van der Waals surface area contributed by atoms with Gasteiger partial charge in [-0.05, 0) is 36.4 Å². The molecule has 0 saturated heterocycles. The van der Waals surface area contributed by atoms with Crippen LogP contribution in [0.4, 0.5) is 17.6 Å². The molecule has 0 unspecified atom stereocenters. The van der Waals surface area contributed by atoms with Crippen LogP contribution in [0.3, 0.4) is 0 Å². The molecule has 2 N–H and O–H groups in total. The standard InChI is InChI=1S/C16H12F4N2O4/c17-15(18)25-12-6-3-10(13(7-12)26-16(19)20)8-21-22-14(24)9-1-4-11(23)5-2-9/h1-8,15-16,23H,(H,22,24)/b21-8-. The molecule has 0 aliphatic rings. The molecular formula is C16H12F4N2O4. The molecule has 6 nitrogen and oxygen atoms in total. The van der Waals surface area contributed by atoms with Crippen LogP contribution in [0.25, 0.3) is 0 Å². The van der Waals surface area contributed by atoms with Gasteiger partial charge in [0.05, 0.1) is 6.21 Å². The minimum Gasteiger partial charge on any atom is -0.508 e. The molecule has 1 amide bonds. The Kier molecular flexibility index (Phi) is 6.36. The number of rotatable bonds is 7. The summed E-state index contributed by atoms with van der Waals surface area (Å²) >= 11 is 0. The van der Waals surface area contributed by atoms with Crippen molar-refractivity contribution in [2.75, 3.05) is 0 Å². The Morgan fingerprint density at radius 2 is 1.69 bits per heavy atom. The van der Waals surface area contributed by atoms with E-state index in [1.54, 1.807) is 0 Å². The van der Waals surface area contributed by atoms with Crippen LogP contribution in [-0.2, 0) is 0 Å². The summed E-state index contributed by atoms with van der Waals surface area (Å²) in [6, 6.07) is 8.41. The van der Waals surface area contributed by atoms with E-state index in [9.17, 15) is 22.4 Å². The molecule has 2 rings (SSSR count). The minimum atomic E-state index is -3.20. The second kappa shape index (κ2) is 8.70. The summed E-state index contributed by atoms with van der Waals surface area (Å²) in [6.45, 7) is -6.32. The van der Waals surface area contributed by atoms with Crippen LogP contribution in [0, 0.1) is 0 Å². The van der Waals surface area contributed by atoms with E-state index in [0.717, 1.165) is 24.4 Å². The summed E-state index contributed by atoms with van der Waals surface area (Å²) in [6.07, 6.45) is 1.00. The monoisotopic (exact) mass is 372 g/mol. The van der Waals surface area contributed by atoms with E-state index in [-0.39, 0.29) is 22.6 Å². The number of phenolic OH excluding ortho intramolecular Hbond substituents is 1. The Hall–Kier alpha value is -3.30. The molecule has 0 radical (unpaired) electrons. The predicted octanol–water partition coefficient (Wildman–Crippen LogP) is 3.36. The molecule has 0 heterocycles. The Morgan fingerprint density at radius 1 is 1.04 bits per heavy atom. The minimum absolute atomic E-state index is 0.00192. The first-order chi connectivity index (χ1) is 12.3. The van der Waals surface area contributed by atoms with E-state index < -0.39 is 24.9 Å². The fraction of sp³-hybridized carbons (Fsp3) is 0.125. The molecule has 0 aliphatic carbocycles. The van der Waals surface area contributed by atoms with Crippen LogP contribution in [0.15, 0.2) is 47.6 Å². The average molecular weight is 372 g/mol. The van der Waals surface area contributed by atoms with Crippen molar-refractivity contribution in [1.29, 1.82) is 0 Å². The van der Waals surface area contributed by atoms with Crippen LogP contribution in [0.5, 0.6) is 17.2 Å². The van der Waals surface area contributed by atoms with E-state index in [0.29, 0.717) is 0 Å². The number of alkyl halides is 4. The number of hydrogen-bond donors (Lipinski definition) is 2. The number of amides is 1. The summed E-state index contributed by atoms with van der Waals surface area (Å²) in [4.78, 5) is 11.8. The van der Waals surface area contributed by atoms with E-state index >= 15 is 0 Å². The third-order valence-electron chi connectivity index (χ3n) is 2.93. The lowest BCUT2D eigenvalue weighted by Crippen LogP contribution is -2.17. The van der Waals surface area contributed by atoms with E-state index in [1.807, 2.05) is 0 Å². The van der Waals surface area contributed by atoms with Crippen molar-refractivity contribution >= 4 is 12.1 Å². The van der Waals surface area contributed by atoms with E-state index in [1.165, 1.54) is 24.3 Å². The van der Waals surface area contributed by atoms with Gasteiger partial charge in [-0.3, -0.25) is 4.79 Å². The third kappa shape index (κ3) is 5.65. The molecule has 0 aliphatic heterocycles. The first-order valence-electron chi connectivity index (χ1n) is 7.01. The van der Waals surface area contributed by atoms with Crippen LogP contribution in [0.2, 0.25) is 0 Å². The molecule has 2 aromatic rings. The van der Waals surface area contributed by atoms with Crippen molar-refractivity contribution in [2.45, 2.75) is 13.2 Å². The van der Waals surface area contributed by atoms with Crippen LogP contribution in [0.1, 0.15) is 15.9 Å². The molecule has 26 heavy (non-hydrogen) atoms. The maximum atomic E-state index is 12.5. The van der Waals surface area contributed by atoms with Crippen molar-refractivity contribution in [3.63, 3.8) is 0 Å². The SMILES string of the molecule is O=C(N/N=C\c1ccc(OC(F)F)cc1OC(F)F)c1ccc(O)cc1. The van der Waals surface area contributed by atoms with Crippen LogP contribution >= 0.6 is 0 Å². The van der Waals surface area contributed by atoms with Gasteiger partial charge in [-0.1, -0.05) is 0 Å². The zero-order valence-corrected chi connectivity index (χ0v) is 12.9. The van der Waals surface area contributed by atoms with Gasteiger partial charge in [0.25, 0.3) is 5.91 Å². The Labute approximate surface area is 144 Å². The molecule has 0 fully saturated rings.